The van der Waals surface area contributed by atoms with Gasteiger partial charge in [0.25, 0.3) is 0 Å². The average Bonchev–Trinajstić information content (AvgIpc) is 2.15. The van der Waals surface area contributed by atoms with Crippen LogP contribution in [0.5, 0.6) is 5.75 Å². The Morgan fingerprint density at radius 1 is 1.33 bits per heavy atom. The molecule has 0 amide bonds. The second kappa shape index (κ2) is 4.99. The highest BCUT2D eigenvalue weighted by molar-refractivity contribution is 5.43. The molecule has 15 heavy (non-hydrogen) atoms. The summed E-state index contributed by atoms with van der Waals surface area (Å²) in [5.41, 5.74) is 4.02. The van der Waals surface area contributed by atoms with Gasteiger partial charge < -0.3 is 10.2 Å². The molecular formula is C13H18O2. The minimum Gasteiger partial charge on any atom is -0.508 e. The minimum atomic E-state index is 0.0751. The molecule has 0 aromatic heterocycles. The molecule has 2 nitrogen and oxygen atoms in total. The predicted octanol–water partition coefficient (Wildman–Crippen LogP) is 2.49. The summed E-state index contributed by atoms with van der Waals surface area (Å²) in [6.07, 6.45) is 2.61. The standard InChI is InChI=1S/C13H18O2/c1-9(8-14)4-5-12-11(3)6-10(2)7-13(12)15/h4,6-7,14-15H,5,8H2,1-3H3. The van der Waals surface area contributed by atoms with Crippen LogP contribution >= 0.6 is 0 Å². The lowest BCUT2D eigenvalue weighted by Crippen LogP contribution is -1.92. The third-order valence-electron chi connectivity index (χ3n) is 2.50. The van der Waals surface area contributed by atoms with Crippen LogP contribution in [0.3, 0.4) is 0 Å². The minimum absolute atomic E-state index is 0.0751. The van der Waals surface area contributed by atoms with Gasteiger partial charge in [0.15, 0.2) is 0 Å². The molecule has 0 saturated heterocycles. The first-order valence-corrected chi connectivity index (χ1v) is 5.10. The van der Waals surface area contributed by atoms with E-state index in [0.29, 0.717) is 12.2 Å². The quantitative estimate of drug-likeness (QED) is 0.746. The number of aromatic hydroxyl groups is 1. The van der Waals surface area contributed by atoms with Crippen LogP contribution in [0.1, 0.15) is 23.6 Å². The fourth-order valence-electron chi connectivity index (χ4n) is 1.58. The Hall–Kier alpha value is -1.28. The summed E-state index contributed by atoms with van der Waals surface area (Å²) in [5.74, 6) is 0.342. The van der Waals surface area contributed by atoms with Gasteiger partial charge in [0, 0.05) is 5.56 Å². The number of hydrogen-bond acceptors (Lipinski definition) is 2. The van der Waals surface area contributed by atoms with E-state index in [1.165, 1.54) is 0 Å². The molecular weight excluding hydrogens is 188 g/mol. The molecule has 0 aliphatic heterocycles. The molecule has 1 aromatic rings. The molecule has 1 rings (SSSR count). The molecule has 0 spiro atoms. The maximum absolute atomic E-state index is 9.77. The largest absolute Gasteiger partial charge is 0.508 e. The van der Waals surface area contributed by atoms with Crippen LogP contribution in [-0.4, -0.2) is 16.8 Å². The molecule has 0 radical (unpaired) electrons. The fraction of sp³-hybridized carbons (Fsp3) is 0.385. The van der Waals surface area contributed by atoms with E-state index in [9.17, 15) is 5.11 Å². The van der Waals surface area contributed by atoms with Gasteiger partial charge in [-0.1, -0.05) is 17.7 Å². The van der Waals surface area contributed by atoms with Crippen LogP contribution < -0.4 is 0 Å². The highest BCUT2D eigenvalue weighted by atomic mass is 16.3. The van der Waals surface area contributed by atoms with Crippen molar-refractivity contribution in [2.24, 2.45) is 0 Å². The molecule has 0 aliphatic rings. The van der Waals surface area contributed by atoms with Crippen molar-refractivity contribution < 1.29 is 10.2 Å². The number of aliphatic hydroxyl groups is 1. The van der Waals surface area contributed by atoms with Crippen LogP contribution in [0.4, 0.5) is 0 Å². The van der Waals surface area contributed by atoms with Gasteiger partial charge in [-0.3, -0.25) is 0 Å². The summed E-state index contributed by atoms with van der Waals surface area (Å²) < 4.78 is 0. The maximum Gasteiger partial charge on any atom is 0.119 e. The van der Waals surface area contributed by atoms with Crippen molar-refractivity contribution in [2.45, 2.75) is 27.2 Å². The van der Waals surface area contributed by atoms with Crippen LogP contribution in [-0.2, 0) is 6.42 Å². The highest BCUT2D eigenvalue weighted by Crippen LogP contribution is 2.23. The van der Waals surface area contributed by atoms with Gasteiger partial charge in [0.2, 0.25) is 0 Å². The SMILES string of the molecule is CC(=CCc1c(C)cc(C)cc1O)CO. The third-order valence-corrected chi connectivity index (χ3v) is 2.50. The summed E-state index contributed by atoms with van der Waals surface area (Å²) in [4.78, 5) is 0. The zero-order chi connectivity index (χ0) is 11.4. The van der Waals surface area contributed by atoms with Crippen molar-refractivity contribution in [2.75, 3.05) is 6.61 Å². The topological polar surface area (TPSA) is 40.5 Å². The number of rotatable bonds is 3. The van der Waals surface area contributed by atoms with Crippen LogP contribution in [0, 0.1) is 13.8 Å². The zero-order valence-electron chi connectivity index (χ0n) is 9.54. The van der Waals surface area contributed by atoms with E-state index >= 15 is 0 Å². The molecule has 0 aliphatic carbocycles. The van der Waals surface area contributed by atoms with Gasteiger partial charge in [0.05, 0.1) is 6.61 Å². The Labute approximate surface area is 90.9 Å². The molecule has 0 bridgehead atoms. The summed E-state index contributed by atoms with van der Waals surface area (Å²) >= 11 is 0. The Balaban J connectivity index is 2.95. The van der Waals surface area contributed by atoms with Crippen molar-refractivity contribution in [3.05, 3.63) is 40.5 Å². The molecule has 0 saturated carbocycles. The second-order valence-corrected chi connectivity index (χ2v) is 3.99. The van der Waals surface area contributed by atoms with Gasteiger partial charge in [-0.05, 0) is 44.4 Å². The number of benzene rings is 1. The van der Waals surface area contributed by atoms with Gasteiger partial charge >= 0.3 is 0 Å². The van der Waals surface area contributed by atoms with Crippen molar-refractivity contribution in [1.29, 1.82) is 0 Å². The Morgan fingerprint density at radius 3 is 2.53 bits per heavy atom. The van der Waals surface area contributed by atoms with E-state index < -0.39 is 0 Å². The molecule has 2 N–H and O–H groups in total. The molecule has 1 aromatic carbocycles. The third kappa shape index (κ3) is 3.10. The van der Waals surface area contributed by atoms with Crippen molar-refractivity contribution in [1.82, 2.24) is 0 Å². The van der Waals surface area contributed by atoms with E-state index in [1.54, 1.807) is 6.07 Å². The van der Waals surface area contributed by atoms with Gasteiger partial charge in [0.1, 0.15) is 5.75 Å². The summed E-state index contributed by atoms with van der Waals surface area (Å²) in [5, 5.41) is 18.6. The van der Waals surface area contributed by atoms with Crippen molar-refractivity contribution in [3.8, 4) is 5.75 Å². The second-order valence-electron chi connectivity index (χ2n) is 3.99. The van der Waals surface area contributed by atoms with Crippen LogP contribution in [0.2, 0.25) is 0 Å². The Kier molecular flexibility index (Phi) is 3.92. The number of aliphatic hydroxyl groups excluding tert-OH is 1. The van der Waals surface area contributed by atoms with E-state index in [1.807, 2.05) is 26.8 Å². The molecule has 0 unspecified atom stereocenters. The zero-order valence-corrected chi connectivity index (χ0v) is 9.54. The lowest BCUT2D eigenvalue weighted by molar-refractivity contribution is 0.331. The first kappa shape index (κ1) is 11.8. The molecule has 0 atom stereocenters. The van der Waals surface area contributed by atoms with Crippen molar-refractivity contribution >= 4 is 0 Å². The smallest absolute Gasteiger partial charge is 0.119 e. The van der Waals surface area contributed by atoms with Crippen LogP contribution in [0.15, 0.2) is 23.8 Å². The number of phenolic OH excluding ortho intramolecular Hbond substituents is 1. The number of aryl methyl sites for hydroxylation is 2. The Morgan fingerprint density at radius 2 is 2.00 bits per heavy atom. The molecule has 0 heterocycles. The fourth-order valence-corrected chi connectivity index (χ4v) is 1.58. The first-order valence-electron chi connectivity index (χ1n) is 5.10. The number of hydrogen-bond donors (Lipinski definition) is 2. The summed E-state index contributed by atoms with van der Waals surface area (Å²) in [6.45, 7) is 5.90. The van der Waals surface area contributed by atoms with E-state index in [4.69, 9.17) is 5.11 Å². The van der Waals surface area contributed by atoms with Gasteiger partial charge in [-0.25, -0.2) is 0 Å². The monoisotopic (exact) mass is 206 g/mol. The predicted molar refractivity (Wildman–Crippen MR) is 62.1 cm³/mol. The van der Waals surface area contributed by atoms with Crippen molar-refractivity contribution in [3.63, 3.8) is 0 Å². The van der Waals surface area contributed by atoms with Gasteiger partial charge in [-0.15, -0.1) is 0 Å². The Bertz CT molecular complexity index is 355. The maximum atomic E-state index is 9.77. The van der Waals surface area contributed by atoms with E-state index in [2.05, 4.69) is 6.07 Å². The van der Waals surface area contributed by atoms with Gasteiger partial charge in [-0.2, -0.15) is 0 Å². The number of allylic oxidation sites excluding steroid dienone is 1. The van der Waals surface area contributed by atoms with Crippen LogP contribution in [0.25, 0.3) is 0 Å². The molecule has 0 fully saturated rings. The number of phenols is 1. The molecule has 82 valence electrons. The summed E-state index contributed by atoms with van der Waals surface area (Å²) in [7, 11) is 0. The highest BCUT2D eigenvalue weighted by Gasteiger charge is 2.04. The van der Waals surface area contributed by atoms with E-state index in [0.717, 1.165) is 22.3 Å². The lowest BCUT2D eigenvalue weighted by atomic mass is 10.0. The summed E-state index contributed by atoms with van der Waals surface area (Å²) in [6, 6.07) is 3.82. The average molecular weight is 206 g/mol. The first-order chi connectivity index (χ1) is 7.04. The lowest BCUT2D eigenvalue weighted by Gasteiger charge is -2.08. The van der Waals surface area contributed by atoms with E-state index in [-0.39, 0.29) is 6.61 Å². The normalized spacial score (nSPS) is 11.9. The molecule has 2 heteroatoms.